The number of esters is 1. The van der Waals surface area contributed by atoms with E-state index in [1.165, 1.54) is 0 Å². The summed E-state index contributed by atoms with van der Waals surface area (Å²) < 4.78 is 4.88. The molecule has 2 aromatic rings. The van der Waals surface area contributed by atoms with Crippen LogP contribution in [0.5, 0.6) is 0 Å². The van der Waals surface area contributed by atoms with Crippen LogP contribution in [0.15, 0.2) is 36.5 Å². The van der Waals surface area contributed by atoms with Gasteiger partial charge < -0.3 is 15.2 Å². The topological polar surface area (TPSA) is 106 Å². The number of ether oxygens (including phenoxy) is 1. The highest BCUT2D eigenvalue weighted by Gasteiger charge is 2.27. The lowest BCUT2D eigenvalue weighted by Crippen LogP contribution is -2.42. The number of para-hydroxylation sites is 1. The fraction of sp³-hybridized carbons (Fsp3) is 0.333. The first-order valence-corrected chi connectivity index (χ1v) is 7.98. The highest BCUT2D eigenvalue weighted by molar-refractivity contribution is 6.06. The second-order valence-electron chi connectivity index (χ2n) is 5.63. The van der Waals surface area contributed by atoms with Gasteiger partial charge in [0.25, 0.3) is 5.91 Å². The van der Waals surface area contributed by atoms with Crippen LogP contribution < -0.4 is 5.32 Å². The molecular formula is C18H20N2O5. The van der Waals surface area contributed by atoms with Crippen LogP contribution in [0.4, 0.5) is 0 Å². The van der Waals surface area contributed by atoms with E-state index in [1.54, 1.807) is 38.2 Å². The maximum atomic E-state index is 12.5. The Balaban J connectivity index is 2.17. The number of nitrogens with one attached hydrogen (secondary N) is 1. The molecule has 2 atom stereocenters. The van der Waals surface area contributed by atoms with Gasteiger partial charge in [-0.15, -0.1) is 0 Å². The molecule has 7 nitrogen and oxygen atoms in total. The normalized spacial score (nSPS) is 13.0. The summed E-state index contributed by atoms with van der Waals surface area (Å²) in [6.07, 6.45) is 1.51. The number of carboxylic acid groups (broad SMARTS) is 1. The second-order valence-corrected chi connectivity index (χ2v) is 5.63. The van der Waals surface area contributed by atoms with Gasteiger partial charge in [0.05, 0.1) is 23.6 Å². The molecule has 132 valence electrons. The van der Waals surface area contributed by atoms with Gasteiger partial charge in [-0.1, -0.05) is 25.1 Å². The van der Waals surface area contributed by atoms with E-state index >= 15 is 0 Å². The van der Waals surface area contributed by atoms with Crippen LogP contribution in [0.2, 0.25) is 0 Å². The third-order valence-electron chi connectivity index (χ3n) is 3.76. The lowest BCUT2D eigenvalue weighted by Gasteiger charge is -2.18. The molecule has 0 aliphatic heterocycles. The minimum absolute atomic E-state index is 0.0574. The summed E-state index contributed by atoms with van der Waals surface area (Å²) in [4.78, 5) is 39.9. The molecule has 0 unspecified atom stereocenters. The lowest BCUT2D eigenvalue weighted by atomic mass is 10.0. The van der Waals surface area contributed by atoms with E-state index in [0.29, 0.717) is 5.52 Å². The SMILES string of the molecule is CCOC(=O)[C@@H](C)C[C@@H](NC(=O)c1cccc2cccnc12)C(=O)O. The third kappa shape index (κ3) is 4.53. The van der Waals surface area contributed by atoms with Gasteiger partial charge >= 0.3 is 11.9 Å². The van der Waals surface area contributed by atoms with Crippen molar-refractivity contribution >= 4 is 28.7 Å². The average molecular weight is 344 g/mol. The molecule has 1 amide bonds. The van der Waals surface area contributed by atoms with Crippen molar-refractivity contribution in [2.75, 3.05) is 6.61 Å². The average Bonchev–Trinajstić information content (AvgIpc) is 2.60. The molecule has 7 heteroatoms. The largest absolute Gasteiger partial charge is 0.480 e. The van der Waals surface area contributed by atoms with Crippen LogP contribution in [-0.2, 0) is 14.3 Å². The molecule has 0 spiro atoms. The van der Waals surface area contributed by atoms with Crippen molar-refractivity contribution in [1.29, 1.82) is 0 Å². The number of rotatable bonds is 7. The summed E-state index contributed by atoms with van der Waals surface area (Å²) in [5, 5.41) is 12.6. The number of pyridine rings is 1. The Morgan fingerprint density at radius 2 is 1.96 bits per heavy atom. The zero-order chi connectivity index (χ0) is 18.4. The van der Waals surface area contributed by atoms with Crippen LogP contribution in [0, 0.1) is 5.92 Å². The molecule has 1 heterocycles. The highest BCUT2D eigenvalue weighted by atomic mass is 16.5. The molecule has 1 aromatic carbocycles. The first kappa shape index (κ1) is 18.4. The maximum Gasteiger partial charge on any atom is 0.326 e. The van der Waals surface area contributed by atoms with Gasteiger partial charge in [-0.05, 0) is 25.5 Å². The van der Waals surface area contributed by atoms with Crippen LogP contribution in [0.3, 0.4) is 0 Å². The van der Waals surface area contributed by atoms with Crippen molar-refractivity contribution in [3.8, 4) is 0 Å². The Bertz CT molecular complexity index is 785. The zero-order valence-corrected chi connectivity index (χ0v) is 14.1. The van der Waals surface area contributed by atoms with Crippen molar-refractivity contribution in [3.63, 3.8) is 0 Å². The number of carboxylic acids is 1. The Morgan fingerprint density at radius 3 is 2.64 bits per heavy atom. The summed E-state index contributed by atoms with van der Waals surface area (Å²) in [7, 11) is 0. The number of aromatic nitrogens is 1. The van der Waals surface area contributed by atoms with Crippen LogP contribution in [-0.4, -0.2) is 40.6 Å². The molecule has 0 saturated carbocycles. The smallest absolute Gasteiger partial charge is 0.326 e. The Kier molecular flexibility index (Phi) is 6.05. The van der Waals surface area contributed by atoms with Gasteiger partial charge in [0.2, 0.25) is 0 Å². The fourth-order valence-corrected chi connectivity index (χ4v) is 2.48. The molecule has 2 rings (SSSR count). The molecule has 25 heavy (non-hydrogen) atoms. The number of carbonyl (C=O) groups is 3. The standard InChI is InChI=1S/C18H20N2O5/c1-3-25-18(24)11(2)10-14(17(22)23)20-16(21)13-8-4-6-12-7-5-9-19-15(12)13/h4-9,11,14H,3,10H2,1-2H3,(H,20,21)(H,22,23)/t11-,14+/m0/s1. The van der Waals surface area contributed by atoms with Gasteiger partial charge in [0.15, 0.2) is 0 Å². The summed E-state index contributed by atoms with van der Waals surface area (Å²) in [5.74, 6) is -2.90. The Morgan fingerprint density at radius 1 is 1.24 bits per heavy atom. The van der Waals surface area contributed by atoms with Crippen molar-refractivity contribution in [1.82, 2.24) is 10.3 Å². The van der Waals surface area contributed by atoms with Gasteiger partial charge in [0.1, 0.15) is 6.04 Å². The number of nitrogens with zero attached hydrogens (tertiary/aromatic N) is 1. The second kappa shape index (κ2) is 8.23. The Labute approximate surface area is 145 Å². The first-order valence-electron chi connectivity index (χ1n) is 7.98. The maximum absolute atomic E-state index is 12.5. The van der Waals surface area contributed by atoms with Gasteiger partial charge in [-0.3, -0.25) is 14.6 Å². The highest BCUT2D eigenvalue weighted by Crippen LogP contribution is 2.17. The number of benzene rings is 1. The molecule has 0 radical (unpaired) electrons. The number of hydrogen-bond donors (Lipinski definition) is 2. The predicted octanol–water partition coefficient (Wildman–Crippen LogP) is 2.01. The molecule has 0 aliphatic carbocycles. The predicted molar refractivity (Wildman–Crippen MR) is 91.0 cm³/mol. The van der Waals surface area contributed by atoms with E-state index in [2.05, 4.69) is 10.3 Å². The van der Waals surface area contributed by atoms with Crippen LogP contribution in [0.25, 0.3) is 10.9 Å². The van der Waals surface area contributed by atoms with E-state index in [0.717, 1.165) is 5.39 Å². The summed E-state index contributed by atoms with van der Waals surface area (Å²) in [6.45, 7) is 3.46. The molecule has 0 bridgehead atoms. The van der Waals surface area contributed by atoms with E-state index in [4.69, 9.17) is 4.74 Å². The van der Waals surface area contributed by atoms with Crippen LogP contribution >= 0.6 is 0 Å². The molecule has 0 fully saturated rings. The molecule has 1 aromatic heterocycles. The van der Waals surface area contributed by atoms with E-state index in [1.807, 2.05) is 12.1 Å². The molecule has 2 N–H and O–H groups in total. The van der Waals surface area contributed by atoms with E-state index in [-0.39, 0.29) is 18.6 Å². The summed E-state index contributed by atoms with van der Waals surface area (Å²) >= 11 is 0. The van der Waals surface area contributed by atoms with Crippen molar-refractivity contribution in [2.45, 2.75) is 26.3 Å². The van der Waals surface area contributed by atoms with Crippen molar-refractivity contribution in [3.05, 3.63) is 42.1 Å². The third-order valence-corrected chi connectivity index (χ3v) is 3.76. The van der Waals surface area contributed by atoms with E-state index in [9.17, 15) is 19.5 Å². The van der Waals surface area contributed by atoms with Crippen molar-refractivity contribution < 1.29 is 24.2 Å². The number of hydrogen-bond acceptors (Lipinski definition) is 5. The Hall–Kier alpha value is -2.96. The summed E-state index contributed by atoms with van der Waals surface area (Å²) in [5.41, 5.74) is 0.776. The molecular weight excluding hydrogens is 324 g/mol. The first-order chi connectivity index (χ1) is 11.9. The van der Waals surface area contributed by atoms with Crippen molar-refractivity contribution in [2.24, 2.45) is 5.92 Å². The van der Waals surface area contributed by atoms with Crippen LogP contribution in [0.1, 0.15) is 30.6 Å². The van der Waals surface area contributed by atoms with Gasteiger partial charge in [0, 0.05) is 11.6 Å². The number of amides is 1. The quantitative estimate of drug-likeness (QED) is 0.744. The van der Waals surface area contributed by atoms with E-state index < -0.39 is 29.8 Å². The van der Waals surface area contributed by atoms with Gasteiger partial charge in [-0.2, -0.15) is 0 Å². The summed E-state index contributed by atoms with van der Waals surface area (Å²) in [6, 6.07) is 7.47. The minimum atomic E-state index is -1.21. The monoisotopic (exact) mass is 344 g/mol. The van der Waals surface area contributed by atoms with Gasteiger partial charge in [-0.25, -0.2) is 4.79 Å². The molecule has 0 saturated heterocycles. The number of fused-ring (bicyclic) bond motifs is 1. The molecule has 0 aliphatic rings. The fourth-order valence-electron chi connectivity index (χ4n) is 2.48. The lowest BCUT2D eigenvalue weighted by molar-refractivity contribution is -0.148. The zero-order valence-electron chi connectivity index (χ0n) is 14.1. The number of carbonyl (C=O) groups excluding carboxylic acids is 2. The number of aliphatic carboxylic acids is 1. The minimum Gasteiger partial charge on any atom is -0.480 e.